The number of carboxylic acid groups (broad SMARTS) is 1. The summed E-state index contributed by atoms with van der Waals surface area (Å²) in [6.45, 7) is 1.49. The Kier molecular flexibility index (Phi) is 4.90. The highest BCUT2D eigenvalue weighted by molar-refractivity contribution is 7.99. The van der Waals surface area contributed by atoms with E-state index in [9.17, 15) is 18.0 Å². The SMILES string of the molecule is Cc1c(Sc2ccc(C(F)(F)F)cc2)c2c(Cl)nccc2n1CC(=O)O. The number of halogens is 4. The average molecular weight is 401 g/mol. The van der Waals surface area contributed by atoms with Gasteiger partial charge >= 0.3 is 12.1 Å². The molecule has 1 aromatic carbocycles. The molecule has 2 heterocycles. The lowest BCUT2D eigenvalue weighted by Crippen LogP contribution is -2.09. The minimum atomic E-state index is -4.40. The second-order valence-electron chi connectivity index (χ2n) is 5.51. The van der Waals surface area contributed by atoms with E-state index in [-0.39, 0.29) is 11.7 Å². The molecule has 0 aliphatic rings. The lowest BCUT2D eigenvalue weighted by Gasteiger charge is -2.08. The number of aromatic nitrogens is 2. The second kappa shape index (κ2) is 6.85. The van der Waals surface area contributed by atoms with Crippen LogP contribution >= 0.6 is 23.4 Å². The fourth-order valence-electron chi connectivity index (χ4n) is 2.64. The Morgan fingerprint density at radius 3 is 2.50 bits per heavy atom. The van der Waals surface area contributed by atoms with Gasteiger partial charge in [0.15, 0.2) is 0 Å². The maximum atomic E-state index is 12.7. The van der Waals surface area contributed by atoms with Crippen LogP contribution in [0, 0.1) is 6.92 Å². The molecule has 3 rings (SSSR count). The highest BCUT2D eigenvalue weighted by atomic mass is 35.5. The summed E-state index contributed by atoms with van der Waals surface area (Å²) >= 11 is 7.42. The number of pyridine rings is 1. The number of hydrogen-bond acceptors (Lipinski definition) is 3. The first-order valence-corrected chi connectivity index (χ1v) is 8.58. The molecule has 0 fully saturated rings. The van der Waals surface area contributed by atoms with Gasteiger partial charge in [-0.1, -0.05) is 23.4 Å². The number of fused-ring (bicyclic) bond motifs is 1. The van der Waals surface area contributed by atoms with Crippen LogP contribution in [0.1, 0.15) is 11.3 Å². The van der Waals surface area contributed by atoms with E-state index in [4.69, 9.17) is 16.7 Å². The molecule has 0 amide bonds. The topological polar surface area (TPSA) is 55.1 Å². The van der Waals surface area contributed by atoms with Crippen molar-refractivity contribution in [2.75, 3.05) is 0 Å². The number of hydrogen-bond donors (Lipinski definition) is 1. The van der Waals surface area contributed by atoms with E-state index in [0.29, 0.717) is 26.4 Å². The molecule has 1 N–H and O–H groups in total. The van der Waals surface area contributed by atoms with Crippen molar-refractivity contribution in [1.29, 1.82) is 0 Å². The maximum absolute atomic E-state index is 12.7. The molecule has 0 atom stereocenters. The third kappa shape index (κ3) is 3.52. The van der Waals surface area contributed by atoms with Gasteiger partial charge in [-0.15, -0.1) is 0 Å². The molecule has 9 heteroatoms. The Bertz CT molecular complexity index is 984. The molecule has 0 aliphatic carbocycles. The fraction of sp³-hybridized carbons (Fsp3) is 0.176. The van der Waals surface area contributed by atoms with Gasteiger partial charge in [-0.2, -0.15) is 13.2 Å². The summed E-state index contributed by atoms with van der Waals surface area (Å²) in [7, 11) is 0. The lowest BCUT2D eigenvalue weighted by molar-refractivity contribution is -0.138. The van der Waals surface area contributed by atoms with E-state index in [1.165, 1.54) is 30.1 Å². The summed E-state index contributed by atoms with van der Waals surface area (Å²) < 4.78 is 39.7. The van der Waals surface area contributed by atoms with Crippen molar-refractivity contribution in [2.24, 2.45) is 0 Å². The molecule has 4 nitrogen and oxygen atoms in total. The molecule has 26 heavy (non-hydrogen) atoms. The molecule has 0 saturated heterocycles. The summed E-state index contributed by atoms with van der Waals surface area (Å²) in [5.74, 6) is -1.01. The van der Waals surface area contributed by atoms with Crippen molar-refractivity contribution in [1.82, 2.24) is 9.55 Å². The van der Waals surface area contributed by atoms with Gasteiger partial charge in [0.1, 0.15) is 11.7 Å². The van der Waals surface area contributed by atoms with Crippen LogP contribution in [0.3, 0.4) is 0 Å². The highest BCUT2D eigenvalue weighted by Gasteiger charge is 2.30. The van der Waals surface area contributed by atoms with Gasteiger partial charge in [-0.25, -0.2) is 4.98 Å². The number of carboxylic acids is 1. The smallest absolute Gasteiger partial charge is 0.416 e. The highest BCUT2D eigenvalue weighted by Crippen LogP contribution is 2.41. The molecule has 0 saturated carbocycles. The molecule has 136 valence electrons. The molecule has 0 radical (unpaired) electrons. The third-order valence-electron chi connectivity index (χ3n) is 3.83. The van der Waals surface area contributed by atoms with Gasteiger partial charge in [0.25, 0.3) is 0 Å². The van der Waals surface area contributed by atoms with Crippen LogP contribution in [0.4, 0.5) is 13.2 Å². The number of carbonyl (C=O) groups is 1. The van der Waals surface area contributed by atoms with E-state index in [2.05, 4.69) is 4.98 Å². The zero-order valence-electron chi connectivity index (χ0n) is 13.3. The van der Waals surface area contributed by atoms with Crippen molar-refractivity contribution in [3.63, 3.8) is 0 Å². The van der Waals surface area contributed by atoms with Crippen molar-refractivity contribution in [2.45, 2.75) is 29.4 Å². The number of rotatable bonds is 4. The Hall–Kier alpha value is -2.19. The molecule has 0 spiro atoms. The quantitative estimate of drug-likeness (QED) is 0.607. The van der Waals surface area contributed by atoms with E-state index in [0.717, 1.165) is 12.1 Å². The third-order valence-corrected chi connectivity index (χ3v) is 5.33. The standard InChI is InChI=1S/C17H12ClF3N2O2S/c1-9-15(26-11-4-2-10(3-5-11)17(19,20)21)14-12(6-7-22-16(14)18)23(9)8-13(24)25/h2-7H,8H2,1H3,(H,24,25). The van der Waals surface area contributed by atoms with Crippen molar-refractivity contribution >= 4 is 40.2 Å². The monoisotopic (exact) mass is 400 g/mol. The first-order valence-electron chi connectivity index (χ1n) is 7.38. The van der Waals surface area contributed by atoms with Gasteiger partial charge < -0.3 is 9.67 Å². The van der Waals surface area contributed by atoms with Gasteiger partial charge in [0.2, 0.25) is 0 Å². The molecule has 0 bridgehead atoms. The van der Waals surface area contributed by atoms with Crippen LogP contribution in [0.25, 0.3) is 10.9 Å². The molecular formula is C17H12ClF3N2O2S. The predicted molar refractivity (Wildman–Crippen MR) is 92.7 cm³/mol. The lowest BCUT2D eigenvalue weighted by atomic mass is 10.2. The first-order chi connectivity index (χ1) is 12.2. The van der Waals surface area contributed by atoms with Crippen LogP contribution in [0.2, 0.25) is 5.15 Å². The maximum Gasteiger partial charge on any atom is 0.416 e. The first kappa shape index (κ1) is 18.6. The van der Waals surface area contributed by atoms with Gasteiger partial charge in [0.05, 0.1) is 16.5 Å². The Labute approximate surface area is 155 Å². The summed E-state index contributed by atoms with van der Waals surface area (Å²) in [6, 6.07) is 6.42. The summed E-state index contributed by atoms with van der Waals surface area (Å²) in [6.07, 6.45) is -2.92. The van der Waals surface area contributed by atoms with E-state index < -0.39 is 17.7 Å². The Balaban J connectivity index is 2.07. The average Bonchev–Trinajstić information content (AvgIpc) is 2.81. The predicted octanol–water partition coefficient (Wildman–Crippen LogP) is 5.25. The largest absolute Gasteiger partial charge is 0.480 e. The van der Waals surface area contributed by atoms with Crippen LogP contribution in [-0.4, -0.2) is 20.6 Å². The Morgan fingerprint density at radius 2 is 1.92 bits per heavy atom. The summed E-state index contributed by atoms with van der Waals surface area (Å²) in [5.41, 5.74) is 0.535. The zero-order chi connectivity index (χ0) is 19.1. The van der Waals surface area contributed by atoms with Crippen LogP contribution in [0.5, 0.6) is 0 Å². The summed E-state index contributed by atoms with van der Waals surface area (Å²) in [5, 5.41) is 9.94. The molecule has 3 aromatic rings. The van der Waals surface area contributed by atoms with Gasteiger partial charge in [0, 0.05) is 21.7 Å². The van der Waals surface area contributed by atoms with Gasteiger partial charge in [-0.05, 0) is 37.3 Å². The number of benzene rings is 1. The van der Waals surface area contributed by atoms with Crippen LogP contribution in [0.15, 0.2) is 46.3 Å². The van der Waals surface area contributed by atoms with Crippen molar-refractivity contribution in [3.8, 4) is 0 Å². The van der Waals surface area contributed by atoms with E-state index >= 15 is 0 Å². The zero-order valence-corrected chi connectivity index (χ0v) is 14.9. The number of alkyl halides is 3. The van der Waals surface area contributed by atoms with Gasteiger partial charge in [-0.3, -0.25) is 4.79 Å². The second-order valence-corrected chi connectivity index (χ2v) is 6.96. The fourth-order valence-corrected chi connectivity index (χ4v) is 4.01. The van der Waals surface area contributed by atoms with E-state index in [1.807, 2.05) is 0 Å². The van der Waals surface area contributed by atoms with Crippen LogP contribution < -0.4 is 0 Å². The molecular weight excluding hydrogens is 389 g/mol. The molecule has 0 aliphatic heterocycles. The van der Waals surface area contributed by atoms with E-state index in [1.54, 1.807) is 17.6 Å². The van der Waals surface area contributed by atoms with Crippen LogP contribution in [-0.2, 0) is 17.5 Å². The normalized spacial score (nSPS) is 11.9. The molecule has 2 aromatic heterocycles. The summed E-state index contributed by atoms with van der Waals surface area (Å²) in [4.78, 5) is 16.4. The minimum absolute atomic E-state index is 0.212. The minimum Gasteiger partial charge on any atom is -0.480 e. The number of nitrogens with zero attached hydrogens (tertiary/aromatic N) is 2. The molecule has 0 unspecified atom stereocenters. The van der Waals surface area contributed by atoms with Crippen molar-refractivity contribution < 1.29 is 23.1 Å². The Morgan fingerprint density at radius 1 is 1.27 bits per heavy atom. The van der Waals surface area contributed by atoms with Crippen molar-refractivity contribution in [3.05, 3.63) is 52.9 Å². The number of aliphatic carboxylic acids is 1.